The SMILES string of the molecule is CCC(CSC)Nc1c(F)c(F)nc(F)c1F. The van der Waals surface area contributed by atoms with E-state index in [4.69, 9.17) is 0 Å². The van der Waals surface area contributed by atoms with Crippen molar-refractivity contribution in [1.29, 1.82) is 0 Å². The number of hydrogen-bond donors (Lipinski definition) is 1. The lowest BCUT2D eigenvalue weighted by atomic mass is 10.2. The van der Waals surface area contributed by atoms with Gasteiger partial charge in [0.05, 0.1) is 0 Å². The van der Waals surface area contributed by atoms with E-state index in [2.05, 4.69) is 10.3 Å². The predicted octanol–water partition coefficient (Wildman–Crippen LogP) is 3.19. The van der Waals surface area contributed by atoms with E-state index in [0.717, 1.165) is 0 Å². The van der Waals surface area contributed by atoms with Crippen LogP contribution in [0, 0.1) is 23.5 Å². The van der Waals surface area contributed by atoms with Crippen molar-refractivity contribution in [1.82, 2.24) is 4.98 Å². The van der Waals surface area contributed by atoms with E-state index < -0.39 is 29.2 Å². The zero-order chi connectivity index (χ0) is 13.0. The molecule has 0 bridgehead atoms. The number of thioether (sulfide) groups is 1. The number of aromatic nitrogens is 1. The van der Waals surface area contributed by atoms with Gasteiger partial charge in [0.25, 0.3) is 11.9 Å². The molecule has 1 N–H and O–H groups in total. The van der Waals surface area contributed by atoms with Crippen LogP contribution in [-0.2, 0) is 0 Å². The number of rotatable bonds is 5. The normalized spacial score (nSPS) is 12.6. The number of pyridine rings is 1. The lowest BCUT2D eigenvalue weighted by Crippen LogP contribution is -2.23. The molecule has 2 nitrogen and oxygen atoms in total. The van der Waals surface area contributed by atoms with Gasteiger partial charge in [0.1, 0.15) is 5.69 Å². The summed E-state index contributed by atoms with van der Waals surface area (Å²) < 4.78 is 52.2. The summed E-state index contributed by atoms with van der Waals surface area (Å²) in [5.41, 5.74) is -0.795. The van der Waals surface area contributed by atoms with Crippen molar-refractivity contribution < 1.29 is 17.6 Å². The molecule has 1 unspecified atom stereocenters. The highest BCUT2D eigenvalue weighted by Crippen LogP contribution is 2.23. The van der Waals surface area contributed by atoms with Crippen LogP contribution in [0.1, 0.15) is 13.3 Å². The molecule has 0 amide bonds. The Hall–Kier alpha value is -0.980. The maximum atomic E-state index is 13.3. The fourth-order valence-corrected chi connectivity index (χ4v) is 2.00. The second kappa shape index (κ2) is 6.09. The maximum absolute atomic E-state index is 13.3. The van der Waals surface area contributed by atoms with Crippen LogP contribution in [0.15, 0.2) is 0 Å². The molecule has 1 aromatic heterocycles. The number of nitrogens with zero attached hydrogens (tertiary/aromatic N) is 1. The van der Waals surface area contributed by atoms with Gasteiger partial charge in [0.15, 0.2) is 0 Å². The van der Waals surface area contributed by atoms with Crippen LogP contribution in [0.5, 0.6) is 0 Å². The molecule has 0 spiro atoms. The lowest BCUT2D eigenvalue weighted by molar-refractivity contribution is 0.409. The van der Waals surface area contributed by atoms with E-state index in [1.54, 1.807) is 6.92 Å². The van der Waals surface area contributed by atoms with Crippen LogP contribution in [0.3, 0.4) is 0 Å². The minimum atomic E-state index is -1.65. The molecule has 1 atom stereocenters. The van der Waals surface area contributed by atoms with Gasteiger partial charge in [-0.3, -0.25) is 0 Å². The van der Waals surface area contributed by atoms with E-state index in [9.17, 15) is 17.6 Å². The standard InChI is InChI=1S/C10H12F4N2S/c1-3-5(4-17-2)15-8-6(11)9(13)16-10(14)7(8)12/h5H,3-4H2,1-2H3,(H,15,16). The van der Waals surface area contributed by atoms with E-state index in [0.29, 0.717) is 12.2 Å². The van der Waals surface area contributed by atoms with E-state index >= 15 is 0 Å². The van der Waals surface area contributed by atoms with E-state index in [-0.39, 0.29) is 6.04 Å². The van der Waals surface area contributed by atoms with Crippen LogP contribution < -0.4 is 5.32 Å². The quantitative estimate of drug-likeness (QED) is 0.655. The molecule has 96 valence electrons. The molecule has 0 aliphatic rings. The first-order valence-electron chi connectivity index (χ1n) is 4.96. The Kier molecular flexibility index (Phi) is 5.04. The monoisotopic (exact) mass is 268 g/mol. The lowest BCUT2D eigenvalue weighted by Gasteiger charge is -2.18. The van der Waals surface area contributed by atoms with Crippen molar-refractivity contribution in [3.63, 3.8) is 0 Å². The molecule has 1 aromatic rings. The van der Waals surface area contributed by atoms with Gasteiger partial charge < -0.3 is 5.32 Å². The first-order valence-corrected chi connectivity index (χ1v) is 6.36. The van der Waals surface area contributed by atoms with Crippen LogP contribution in [0.2, 0.25) is 0 Å². The second-order valence-electron chi connectivity index (χ2n) is 3.40. The summed E-state index contributed by atoms with van der Waals surface area (Å²) >= 11 is 1.46. The molecular formula is C10H12F4N2S. The Morgan fingerprint density at radius 2 is 1.71 bits per heavy atom. The number of nitrogens with one attached hydrogen (secondary N) is 1. The predicted molar refractivity (Wildman–Crippen MR) is 60.2 cm³/mol. The fourth-order valence-electron chi connectivity index (χ4n) is 1.28. The molecule has 0 radical (unpaired) electrons. The van der Waals surface area contributed by atoms with Crippen LogP contribution in [-0.4, -0.2) is 23.0 Å². The summed E-state index contributed by atoms with van der Waals surface area (Å²) in [6.07, 6.45) is 2.40. The third-order valence-electron chi connectivity index (χ3n) is 2.21. The van der Waals surface area contributed by atoms with Crippen molar-refractivity contribution in [3.05, 3.63) is 23.5 Å². The second-order valence-corrected chi connectivity index (χ2v) is 4.31. The van der Waals surface area contributed by atoms with Gasteiger partial charge in [-0.15, -0.1) is 0 Å². The van der Waals surface area contributed by atoms with Crippen molar-refractivity contribution in [2.24, 2.45) is 0 Å². The Bertz CT molecular complexity index is 374. The van der Waals surface area contributed by atoms with Crippen LogP contribution >= 0.6 is 11.8 Å². The van der Waals surface area contributed by atoms with Crippen molar-refractivity contribution in [3.8, 4) is 0 Å². The summed E-state index contributed by atoms with van der Waals surface area (Å²) in [4.78, 5) is 2.48. The molecular weight excluding hydrogens is 256 g/mol. The molecule has 0 aliphatic carbocycles. The highest BCUT2D eigenvalue weighted by atomic mass is 32.2. The minimum absolute atomic E-state index is 0.268. The smallest absolute Gasteiger partial charge is 0.253 e. The Morgan fingerprint density at radius 3 is 2.12 bits per heavy atom. The molecule has 7 heteroatoms. The van der Waals surface area contributed by atoms with Gasteiger partial charge in [0, 0.05) is 11.8 Å². The van der Waals surface area contributed by atoms with Gasteiger partial charge in [-0.05, 0) is 12.7 Å². The molecule has 0 aliphatic heterocycles. The third-order valence-corrected chi connectivity index (χ3v) is 2.94. The van der Waals surface area contributed by atoms with Gasteiger partial charge in [-0.1, -0.05) is 6.92 Å². The topological polar surface area (TPSA) is 24.9 Å². The van der Waals surface area contributed by atoms with Crippen molar-refractivity contribution in [2.45, 2.75) is 19.4 Å². The first kappa shape index (κ1) is 14.1. The maximum Gasteiger partial charge on any atom is 0.253 e. The molecule has 17 heavy (non-hydrogen) atoms. The zero-order valence-electron chi connectivity index (χ0n) is 9.36. The van der Waals surface area contributed by atoms with Gasteiger partial charge in [0.2, 0.25) is 11.6 Å². The molecule has 1 rings (SSSR count). The first-order chi connectivity index (χ1) is 8.01. The van der Waals surface area contributed by atoms with Gasteiger partial charge in [-0.2, -0.15) is 34.3 Å². The molecule has 1 heterocycles. The summed E-state index contributed by atoms with van der Waals surface area (Å²) in [5, 5.41) is 2.46. The average Bonchev–Trinajstić information content (AvgIpc) is 2.30. The number of hydrogen-bond acceptors (Lipinski definition) is 3. The van der Waals surface area contributed by atoms with Gasteiger partial charge >= 0.3 is 0 Å². The average molecular weight is 268 g/mol. The minimum Gasteiger partial charge on any atom is -0.376 e. The largest absolute Gasteiger partial charge is 0.376 e. The number of anilines is 1. The Labute approximate surface area is 101 Å². The van der Waals surface area contributed by atoms with E-state index in [1.165, 1.54) is 11.8 Å². The highest BCUT2D eigenvalue weighted by molar-refractivity contribution is 7.98. The Morgan fingerprint density at radius 1 is 1.18 bits per heavy atom. The number of halogens is 4. The highest BCUT2D eigenvalue weighted by Gasteiger charge is 2.22. The fraction of sp³-hybridized carbons (Fsp3) is 0.500. The van der Waals surface area contributed by atoms with Crippen molar-refractivity contribution >= 4 is 17.4 Å². The van der Waals surface area contributed by atoms with Gasteiger partial charge in [-0.25, -0.2) is 0 Å². The third kappa shape index (κ3) is 3.24. The molecule has 0 saturated carbocycles. The Balaban J connectivity index is 3.04. The molecule has 0 saturated heterocycles. The molecule has 0 fully saturated rings. The zero-order valence-corrected chi connectivity index (χ0v) is 10.2. The van der Waals surface area contributed by atoms with Crippen molar-refractivity contribution in [2.75, 3.05) is 17.3 Å². The summed E-state index contributed by atoms with van der Waals surface area (Å²) in [5.74, 6) is -5.72. The molecule has 0 aromatic carbocycles. The summed E-state index contributed by atoms with van der Waals surface area (Å²) in [6.45, 7) is 1.80. The van der Waals surface area contributed by atoms with Crippen LogP contribution in [0.4, 0.5) is 23.2 Å². The summed E-state index contributed by atoms with van der Waals surface area (Å²) in [7, 11) is 0. The van der Waals surface area contributed by atoms with Crippen LogP contribution in [0.25, 0.3) is 0 Å². The van der Waals surface area contributed by atoms with E-state index in [1.807, 2.05) is 6.26 Å². The summed E-state index contributed by atoms with van der Waals surface area (Å²) in [6, 6.07) is -0.268.